The van der Waals surface area contributed by atoms with Crippen LogP contribution >= 0.6 is 0 Å². The van der Waals surface area contributed by atoms with Crippen molar-refractivity contribution in [2.75, 3.05) is 13.2 Å². The minimum absolute atomic E-state index is 0.272. The molecule has 180 valence electrons. The lowest BCUT2D eigenvalue weighted by Gasteiger charge is -2.42. The molecule has 0 radical (unpaired) electrons. The van der Waals surface area contributed by atoms with E-state index in [-0.39, 0.29) is 5.92 Å². The lowest BCUT2D eigenvalue weighted by atomic mass is 9.63. The van der Waals surface area contributed by atoms with Crippen LogP contribution in [0.5, 0.6) is 0 Å². The van der Waals surface area contributed by atoms with Crippen LogP contribution in [0.2, 0.25) is 0 Å². The predicted molar refractivity (Wildman–Crippen MR) is 142 cm³/mol. The van der Waals surface area contributed by atoms with Gasteiger partial charge in [-0.25, -0.2) is 0 Å². The molecule has 3 atom stereocenters. The van der Waals surface area contributed by atoms with Crippen molar-refractivity contribution < 1.29 is 9.53 Å². The van der Waals surface area contributed by atoms with Gasteiger partial charge < -0.3 is 4.74 Å². The first kappa shape index (κ1) is 26.0. The van der Waals surface area contributed by atoms with Gasteiger partial charge in [0.1, 0.15) is 5.78 Å². The smallest absolute Gasteiger partial charge is 0.132 e. The maximum absolute atomic E-state index is 12.1. The fourth-order valence-electron chi connectivity index (χ4n) is 5.71. The van der Waals surface area contributed by atoms with E-state index in [0.29, 0.717) is 36.4 Å². The monoisotopic (exact) mass is 456 g/mol. The number of carbonyl (C=O) groups is 1. The molecule has 2 aromatic rings. The molecule has 1 fully saturated rings. The molecule has 0 aromatic heterocycles. The highest BCUT2D eigenvalue weighted by Gasteiger charge is 2.38. The zero-order chi connectivity index (χ0) is 24.3. The largest absolute Gasteiger partial charge is 0.381 e. The Morgan fingerprint density at radius 3 is 2.32 bits per heavy atom. The van der Waals surface area contributed by atoms with E-state index in [1.807, 2.05) is 19.1 Å². The Labute approximate surface area is 207 Å². The number of allylic oxidation sites excluding steroid dienone is 2. The number of hydrogen-bond donors (Lipinski definition) is 0. The molecule has 2 aromatic carbocycles. The van der Waals surface area contributed by atoms with Gasteiger partial charge >= 0.3 is 0 Å². The highest BCUT2D eigenvalue weighted by atomic mass is 16.5. The lowest BCUT2D eigenvalue weighted by Crippen LogP contribution is -2.35. The van der Waals surface area contributed by atoms with E-state index in [1.165, 1.54) is 11.1 Å². The quantitative estimate of drug-likeness (QED) is 0.307. The van der Waals surface area contributed by atoms with Crippen molar-refractivity contribution in [3.63, 3.8) is 0 Å². The fourth-order valence-corrected chi connectivity index (χ4v) is 5.71. The normalized spacial score (nSPS) is 16.8. The van der Waals surface area contributed by atoms with E-state index in [1.54, 1.807) is 0 Å². The summed E-state index contributed by atoms with van der Waals surface area (Å²) in [5.74, 6) is 1.90. The molecule has 0 bridgehead atoms. The molecule has 2 heteroatoms. The summed E-state index contributed by atoms with van der Waals surface area (Å²) >= 11 is 0. The summed E-state index contributed by atoms with van der Waals surface area (Å²) in [4.78, 5) is 12.1. The molecule has 1 aliphatic rings. The Morgan fingerprint density at radius 1 is 1.00 bits per heavy atom. The molecular formula is C32H40O2. The van der Waals surface area contributed by atoms with Gasteiger partial charge in [-0.3, -0.25) is 4.79 Å². The Bertz CT molecular complexity index is 909. The summed E-state index contributed by atoms with van der Waals surface area (Å²) in [6.45, 7) is 15.1. The second kappa shape index (κ2) is 13.3. The fraction of sp³-hybridized carbons (Fsp3) is 0.469. The van der Waals surface area contributed by atoms with Crippen molar-refractivity contribution in [3.05, 3.63) is 84.9 Å². The van der Waals surface area contributed by atoms with Crippen LogP contribution in [0.15, 0.2) is 61.7 Å². The Morgan fingerprint density at radius 2 is 1.71 bits per heavy atom. The van der Waals surface area contributed by atoms with Gasteiger partial charge in [-0.2, -0.15) is 0 Å². The molecule has 34 heavy (non-hydrogen) atoms. The summed E-state index contributed by atoms with van der Waals surface area (Å²) in [6.07, 6.45) is 6.27. The minimum Gasteiger partial charge on any atom is -0.381 e. The van der Waals surface area contributed by atoms with E-state index < -0.39 is 0 Å². The Balaban J connectivity index is 1.99. The number of benzene rings is 1. The van der Waals surface area contributed by atoms with Crippen molar-refractivity contribution in [3.8, 4) is 0 Å². The number of hydrogen-bond acceptors (Lipinski definition) is 2. The zero-order valence-corrected chi connectivity index (χ0v) is 21.0. The number of rotatable bonds is 13. The molecule has 1 aliphatic heterocycles. The summed E-state index contributed by atoms with van der Waals surface area (Å²) in [5.41, 5.74) is 4.72. The average Bonchev–Trinajstić information content (AvgIpc) is 2.90. The molecule has 1 heterocycles. The maximum Gasteiger partial charge on any atom is 0.132 e. The molecular weight excluding hydrogens is 416 g/mol. The molecule has 0 N–H and O–H groups in total. The third-order valence-corrected chi connectivity index (χ3v) is 7.61. The number of ketones is 1. The van der Waals surface area contributed by atoms with Crippen LogP contribution in [0.25, 0.3) is 11.1 Å². The van der Waals surface area contributed by atoms with Gasteiger partial charge in [0.15, 0.2) is 0 Å². The lowest BCUT2D eigenvalue weighted by molar-refractivity contribution is -0.118. The second-order valence-corrected chi connectivity index (χ2v) is 9.57. The minimum atomic E-state index is 0.272. The maximum atomic E-state index is 12.1. The van der Waals surface area contributed by atoms with Gasteiger partial charge in [-0.05, 0) is 96.2 Å². The Hall–Kier alpha value is -2.63. The van der Waals surface area contributed by atoms with E-state index in [9.17, 15) is 4.79 Å². The van der Waals surface area contributed by atoms with Crippen LogP contribution < -0.4 is 0 Å². The molecule has 0 amide bonds. The molecule has 2 nitrogen and oxygen atoms in total. The van der Waals surface area contributed by atoms with Crippen molar-refractivity contribution in [1.82, 2.24) is 0 Å². The van der Waals surface area contributed by atoms with E-state index in [2.05, 4.69) is 68.6 Å². The first-order valence-electron chi connectivity index (χ1n) is 13.0. The van der Waals surface area contributed by atoms with Gasteiger partial charge in [0.05, 0.1) is 0 Å². The number of ether oxygens (including phenoxy) is 1. The average molecular weight is 457 g/mol. The summed E-state index contributed by atoms with van der Waals surface area (Å²) in [7, 11) is 0. The second-order valence-electron chi connectivity index (χ2n) is 9.57. The predicted octanol–water partition coefficient (Wildman–Crippen LogP) is 7.85. The molecule has 0 spiro atoms. The highest BCUT2D eigenvalue weighted by Crippen LogP contribution is 2.47. The van der Waals surface area contributed by atoms with Crippen LogP contribution in [-0.2, 0) is 9.53 Å². The highest BCUT2D eigenvalue weighted by molar-refractivity contribution is 5.78. The van der Waals surface area contributed by atoms with Crippen LogP contribution in [-0.4, -0.2) is 19.0 Å². The van der Waals surface area contributed by atoms with Gasteiger partial charge in [-0.1, -0.05) is 69.5 Å². The third kappa shape index (κ3) is 6.71. The standard InChI is InChI=1S/C32H40O2/c1-5-29(33)18-13-19-31(25(4)27-16-11-8-12-17-27)32(28-20-22-34-23-21-28)30(6-2)24(3)26-14-9-7-10-15-26/h7,9-11,14-17,28,30-32H,3-6,13,18-23H2,1-2H3/t30?,31?,32-/m1/s1. The van der Waals surface area contributed by atoms with Crippen molar-refractivity contribution in [2.24, 2.45) is 23.7 Å². The van der Waals surface area contributed by atoms with Gasteiger partial charge in [0, 0.05) is 26.1 Å². The van der Waals surface area contributed by atoms with Gasteiger partial charge in [0.25, 0.3) is 0 Å². The summed E-state index contributed by atoms with van der Waals surface area (Å²) in [5, 5.41) is 0. The SMILES string of the molecule is C=C(c1ccccc1)C(CC)[C@@H](C1CCOCC1)C(CCCC(=O)CC)C(=C)c1cc#ccc1. The van der Waals surface area contributed by atoms with Crippen LogP contribution in [0.3, 0.4) is 0 Å². The third-order valence-electron chi connectivity index (χ3n) is 7.61. The topological polar surface area (TPSA) is 26.3 Å². The zero-order valence-electron chi connectivity index (χ0n) is 21.0. The molecule has 1 saturated heterocycles. The first-order valence-corrected chi connectivity index (χ1v) is 13.0. The van der Waals surface area contributed by atoms with E-state index >= 15 is 0 Å². The molecule has 0 saturated carbocycles. The molecule has 2 unspecified atom stereocenters. The molecule has 0 aliphatic carbocycles. The van der Waals surface area contributed by atoms with Crippen LogP contribution in [0, 0.1) is 35.8 Å². The number of carbonyl (C=O) groups excluding carboxylic acids is 1. The Kier molecular flexibility index (Phi) is 10.2. The van der Waals surface area contributed by atoms with Gasteiger partial charge in [-0.15, -0.1) is 0 Å². The summed E-state index contributed by atoms with van der Waals surface area (Å²) in [6, 6.07) is 22.8. The van der Waals surface area contributed by atoms with E-state index in [4.69, 9.17) is 4.74 Å². The van der Waals surface area contributed by atoms with E-state index in [0.717, 1.165) is 56.5 Å². The van der Waals surface area contributed by atoms with Crippen molar-refractivity contribution >= 4 is 16.9 Å². The van der Waals surface area contributed by atoms with Crippen molar-refractivity contribution in [1.29, 1.82) is 0 Å². The molecule has 3 rings (SSSR count). The van der Waals surface area contributed by atoms with Gasteiger partial charge in [0.2, 0.25) is 0 Å². The van der Waals surface area contributed by atoms with Crippen molar-refractivity contribution in [2.45, 2.75) is 58.8 Å². The first-order chi connectivity index (χ1) is 16.6. The summed E-state index contributed by atoms with van der Waals surface area (Å²) < 4.78 is 5.76. The number of Topliss-reactive ketones (excluding diaryl/α,β-unsaturated/α-hetero) is 1. The van der Waals surface area contributed by atoms with Crippen LogP contribution in [0.4, 0.5) is 0 Å². The van der Waals surface area contributed by atoms with Crippen LogP contribution in [0.1, 0.15) is 69.9 Å².